The lowest BCUT2D eigenvalue weighted by Crippen LogP contribution is -1.96. The van der Waals surface area contributed by atoms with Crippen LogP contribution >= 0.6 is 0 Å². The fourth-order valence-corrected chi connectivity index (χ4v) is 8.80. The fraction of sp³-hybridized carbons (Fsp3) is 0. The Labute approximate surface area is 325 Å². The molecule has 11 rings (SSSR count). The van der Waals surface area contributed by atoms with Crippen molar-refractivity contribution in [2.75, 3.05) is 0 Å². The highest BCUT2D eigenvalue weighted by molar-refractivity contribution is 6.12. The molecular formula is C54H36N2. The lowest BCUT2D eigenvalue weighted by Gasteiger charge is -2.19. The van der Waals surface area contributed by atoms with Gasteiger partial charge in [-0.05, 0) is 105 Å². The molecule has 9 aromatic carbocycles. The van der Waals surface area contributed by atoms with Crippen molar-refractivity contribution in [2.24, 2.45) is 0 Å². The van der Waals surface area contributed by atoms with E-state index in [0.717, 1.165) is 11.4 Å². The first-order valence-electron chi connectivity index (χ1n) is 19.3. The summed E-state index contributed by atoms with van der Waals surface area (Å²) < 4.78 is 4.82. The summed E-state index contributed by atoms with van der Waals surface area (Å²) in [6.45, 7) is 0. The molecule has 0 N–H and O–H groups in total. The second-order valence-corrected chi connectivity index (χ2v) is 14.5. The predicted molar refractivity (Wildman–Crippen MR) is 237 cm³/mol. The van der Waals surface area contributed by atoms with Crippen molar-refractivity contribution in [1.29, 1.82) is 0 Å². The molecule has 0 aliphatic heterocycles. The van der Waals surface area contributed by atoms with Gasteiger partial charge < -0.3 is 9.13 Å². The second kappa shape index (κ2) is 13.2. The average molecular weight is 713 g/mol. The van der Waals surface area contributed by atoms with Gasteiger partial charge in [-0.2, -0.15) is 0 Å². The zero-order valence-corrected chi connectivity index (χ0v) is 30.7. The van der Waals surface area contributed by atoms with E-state index in [1.54, 1.807) is 0 Å². The Morgan fingerprint density at radius 1 is 0.232 bits per heavy atom. The van der Waals surface area contributed by atoms with Crippen molar-refractivity contribution < 1.29 is 0 Å². The van der Waals surface area contributed by atoms with E-state index in [2.05, 4.69) is 228 Å². The van der Waals surface area contributed by atoms with Crippen LogP contribution in [0, 0.1) is 0 Å². The van der Waals surface area contributed by atoms with Crippen molar-refractivity contribution in [3.63, 3.8) is 0 Å². The van der Waals surface area contributed by atoms with Crippen LogP contribution in [0.15, 0.2) is 218 Å². The molecule has 0 bridgehead atoms. The van der Waals surface area contributed by atoms with Crippen LogP contribution in [0.2, 0.25) is 0 Å². The summed E-state index contributed by atoms with van der Waals surface area (Å²) in [5.74, 6) is 0. The minimum Gasteiger partial charge on any atom is -0.309 e. The van der Waals surface area contributed by atoms with Gasteiger partial charge in [0.05, 0.1) is 22.1 Å². The zero-order valence-electron chi connectivity index (χ0n) is 30.7. The van der Waals surface area contributed by atoms with Gasteiger partial charge in [-0.3, -0.25) is 0 Å². The maximum Gasteiger partial charge on any atom is 0.0542 e. The van der Waals surface area contributed by atoms with E-state index in [1.807, 2.05) is 0 Å². The highest BCUT2D eigenvalue weighted by atomic mass is 15.0. The molecule has 0 unspecified atom stereocenters. The lowest BCUT2D eigenvalue weighted by molar-refractivity contribution is 1.17. The maximum absolute atomic E-state index is 2.42. The van der Waals surface area contributed by atoms with Crippen LogP contribution in [0.4, 0.5) is 0 Å². The molecule has 0 fully saturated rings. The van der Waals surface area contributed by atoms with Crippen molar-refractivity contribution in [2.45, 2.75) is 0 Å². The molecule has 2 aromatic heterocycles. The molecule has 262 valence electrons. The number of fused-ring (bicyclic) bond motifs is 6. The van der Waals surface area contributed by atoms with Crippen molar-refractivity contribution in [1.82, 2.24) is 9.13 Å². The van der Waals surface area contributed by atoms with Gasteiger partial charge in [0.25, 0.3) is 0 Å². The largest absolute Gasteiger partial charge is 0.309 e. The molecule has 2 heterocycles. The third kappa shape index (κ3) is 5.19. The molecule has 0 aliphatic rings. The first-order valence-corrected chi connectivity index (χ1v) is 19.3. The van der Waals surface area contributed by atoms with Gasteiger partial charge in [-0.15, -0.1) is 0 Å². The summed E-state index contributed by atoms with van der Waals surface area (Å²) in [7, 11) is 0. The standard InChI is InChI=1S/C54H36N2/c1-4-16-37(17-5-1)41-34-47(38-18-6-2-7-19-38)54(48(35-41)39-20-8-3-9-21-39)40-28-30-42(31-29-40)55-52-27-15-12-24-46(52)49-36-43(32-33-53(49)55)56-50-25-13-10-22-44(50)45-23-11-14-26-51(45)56/h1-36H. The summed E-state index contributed by atoms with van der Waals surface area (Å²) in [6, 6.07) is 79.4. The van der Waals surface area contributed by atoms with Crippen molar-refractivity contribution in [3.05, 3.63) is 218 Å². The molecule has 0 aliphatic carbocycles. The van der Waals surface area contributed by atoms with Gasteiger partial charge in [0.2, 0.25) is 0 Å². The Morgan fingerprint density at radius 3 is 1.14 bits per heavy atom. The minimum absolute atomic E-state index is 1.13. The Hall–Kier alpha value is -7.42. The van der Waals surface area contributed by atoms with E-state index < -0.39 is 0 Å². The molecule has 0 saturated carbocycles. The van der Waals surface area contributed by atoms with Gasteiger partial charge in [0.1, 0.15) is 0 Å². The van der Waals surface area contributed by atoms with E-state index in [0.29, 0.717) is 0 Å². The number of aromatic nitrogens is 2. The second-order valence-electron chi connectivity index (χ2n) is 14.5. The van der Waals surface area contributed by atoms with Gasteiger partial charge in [0, 0.05) is 32.9 Å². The first-order chi connectivity index (χ1) is 27.8. The minimum atomic E-state index is 1.13. The summed E-state index contributed by atoms with van der Waals surface area (Å²) in [5.41, 5.74) is 16.7. The number of hydrogen-bond acceptors (Lipinski definition) is 0. The first kappa shape index (κ1) is 32.0. The summed E-state index contributed by atoms with van der Waals surface area (Å²) in [4.78, 5) is 0. The Kier molecular flexibility index (Phi) is 7.53. The van der Waals surface area contributed by atoms with E-state index in [1.165, 1.54) is 88.1 Å². The van der Waals surface area contributed by atoms with E-state index in [4.69, 9.17) is 0 Å². The molecule has 0 amide bonds. The topological polar surface area (TPSA) is 9.86 Å². The molecule has 0 radical (unpaired) electrons. The van der Waals surface area contributed by atoms with Crippen LogP contribution in [-0.4, -0.2) is 9.13 Å². The molecule has 56 heavy (non-hydrogen) atoms. The van der Waals surface area contributed by atoms with E-state index >= 15 is 0 Å². The van der Waals surface area contributed by atoms with E-state index in [9.17, 15) is 0 Å². The van der Waals surface area contributed by atoms with Crippen molar-refractivity contribution in [3.8, 4) is 55.9 Å². The fourth-order valence-electron chi connectivity index (χ4n) is 8.80. The molecule has 2 nitrogen and oxygen atoms in total. The third-order valence-electron chi connectivity index (χ3n) is 11.3. The van der Waals surface area contributed by atoms with Crippen LogP contribution in [0.3, 0.4) is 0 Å². The SMILES string of the molecule is c1ccc(-c2cc(-c3ccccc3)c(-c3ccc(-n4c5ccccc5c5cc(-n6c7ccccc7c7ccccc76)ccc54)cc3)c(-c3ccccc3)c2)cc1. The summed E-state index contributed by atoms with van der Waals surface area (Å²) >= 11 is 0. The number of benzene rings is 9. The van der Waals surface area contributed by atoms with Gasteiger partial charge >= 0.3 is 0 Å². The normalized spacial score (nSPS) is 11.6. The highest BCUT2D eigenvalue weighted by Gasteiger charge is 2.19. The molecule has 11 aromatic rings. The van der Waals surface area contributed by atoms with Gasteiger partial charge in [0.15, 0.2) is 0 Å². The van der Waals surface area contributed by atoms with Crippen LogP contribution < -0.4 is 0 Å². The molecular weight excluding hydrogens is 677 g/mol. The molecule has 0 atom stereocenters. The highest BCUT2D eigenvalue weighted by Crippen LogP contribution is 2.44. The Balaban J connectivity index is 1.09. The smallest absolute Gasteiger partial charge is 0.0542 e. The van der Waals surface area contributed by atoms with Crippen LogP contribution in [-0.2, 0) is 0 Å². The molecule has 0 saturated heterocycles. The number of rotatable bonds is 6. The summed E-state index contributed by atoms with van der Waals surface area (Å²) in [5, 5.41) is 5.01. The van der Waals surface area contributed by atoms with Crippen molar-refractivity contribution >= 4 is 43.6 Å². The maximum atomic E-state index is 2.42. The molecule has 2 heteroatoms. The van der Waals surface area contributed by atoms with E-state index in [-0.39, 0.29) is 0 Å². The molecule has 0 spiro atoms. The van der Waals surface area contributed by atoms with Crippen LogP contribution in [0.25, 0.3) is 99.5 Å². The van der Waals surface area contributed by atoms with Gasteiger partial charge in [-0.25, -0.2) is 0 Å². The monoisotopic (exact) mass is 712 g/mol. The average Bonchev–Trinajstić information content (AvgIpc) is 3.79. The van der Waals surface area contributed by atoms with Crippen LogP contribution in [0.5, 0.6) is 0 Å². The zero-order chi connectivity index (χ0) is 37.0. The predicted octanol–water partition coefficient (Wildman–Crippen LogP) is 14.5. The Bertz CT molecular complexity index is 3090. The number of nitrogens with zero attached hydrogens (tertiary/aromatic N) is 2. The Morgan fingerprint density at radius 2 is 0.625 bits per heavy atom. The lowest BCUT2D eigenvalue weighted by atomic mass is 9.84. The van der Waals surface area contributed by atoms with Crippen LogP contribution in [0.1, 0.15) is 0 Å². The quantitative estimate of drug-likeness (QED) is 0.162. The number of para-hydroxylation sites is 3. The third-order valence-corrected chi connectivity index (χ3v) is 11.3. The van der Waals surface area contributed by atoms with Gasteiger partial charge in [-0.1, -0.05) is 158 Å². The number of hydrogen-bond donors (Lipinski definition) is 0. The summed E-state index contributed by atoms with van der Waals surface area (Å²) in [6.07, 6.45) is 0.